The molecular weight excluding hydrogens is 386 g/mol. The van der Waals surface area contributed by atoms with Crippen molar-refractivity contribution in [1.29, 1.82) is 0 Å². The van der Waals surface area contributed by atoms with Gasteiger partial charge in [0.2, 0.25) is 0 Å². The molecule has 21 heavy (non-hydrogen) atoms. The Morgan fingerprint density at radius 3 is 2.52 bits per heavy atom. The van der Waals surface area contributed by atoms with Gasteiger partial charge in [0.05, 0.1) is 14.5 Å². The molecule has 0 unspecified atom stereocenters. The molecule has 2 aromatic carbocycles. The number of amidine groups is 1. The summed E-state index contributed by atoms with van der Waals surface area (Å²) < 4.78 is 19.5. The van der Waals surface area contributed by atoms with Crippen molar-refractivity contribution in [2.75, 3.05) is 0 Å². The molecule has 0 aliphatic heterocycles. The molecule has 0 heterocycles. The topological polar surface area (TPSA) is 67.8 Å². The van der Waals surface area contributed by atoms with Gasteiger partial charge in [0, 0.05) is 11.6 Å². The van der Waals surface area contributed by atoms with Gasteiger partial charge in [-0.2, -0.15) is 0 Å². The summed E-state index contributed by atoms with van der Waals surface area (Å²) in [6.07, 6.45) is 0. The predicted octanol–water partition coefficient (Wildman–Crippen LogP) is 4.78. The molecule has 0 fully saturated rings. The first-order chi connectivity index (χ1) is 9.92. The second-order valence-corrected chi connectivity index (χ2v) is 5.60. The molecule has 0 saturated carbocycles. The Morgan fingerprint density at radius 1 is 1.19 bits per heavy atom. The molecule has 0 atom stereocenters. The van der Waals surface area contributed by atoms with Crippen LogP contribution in [0.4, 0.5) is 4.39 Å². The lowest BCUT2D eigenvalue weighted by molar-refractivity contribution is 0.318. The fraction of sp³-hybridized carbons (Fsp3) is 0. The molecule has 110 valence electrons. The quantitative estimate of drug-likeness (QED) is 0.259. The third-order valence-corrected chi connectivity index (χ3v) is 3.73. The number of ether oxygens (including phenoxy) is 1. The smallest absolute Gasteiger partial charge is 0.170 e. The Morgan fingerprint density at radius 2 is 1.90 bits per heavy atom. The minimum Gasteiger partial charge on any atom is -0.455 e. The summed E-state index contributed by atoms with van der Waals surface area (Å²) >= 11 is 14.9. The Kier molecular flexibility index (Phi) is 4.92. The van der Waals surface area contributed by atoms with Gasteiger partial charge in [0.25, 0.3) is 0 Å². The molecule has 0 saturated heterocycles. The summed E-state index contributed by atoms with van der Waals surface area (Å²) in [6, 6.07) is 7.06. The van der Waals surface area contributed by atoms with Crippen LogP contribution in [0.5, 0.6) is 11.5 Å². The summed E-state index contributed by atoms with van der Waals surface area (Å²) in [6.45, 7) is 0. The van der Waals surface area contributed by atoms with Crippen molar-refractivity contribution in [3.8, 4) is 11.5 Å². The minimum atomic E-state index is -0.612. The van der Waals surface area contributed by atoms with Crippen LogP contribution in [0.1, 0.15) is 5.56 Å². The van der Waals surface area contributed by atoms with E-state index in [1.807, 2.05) is 0 Å². The molecule has 0 aliphatic carbocycles. The molecule has 4 nitrogen and oxygen atoms in total. The number of oxime groups is 1. The van der Waals surface area contributed by atoms with Crippen LogP contribution in [-0.2, 0) is 0 Å². The van der Waals surface area contributed by atoms with Crippen LogP contribution in [-0.4, -0.2) is 11.0 Å². The molecule has 0 aromatic heterocycles. The highest BCUT2D eigenvalue weighted by Crippen LogP contribution is 2.36. The van der Waals surface area contributed by atoms with E-state index in [1.54, 1.807) is 6.07 Å². The van der Waals surface area contributed by atoms with E-state index in [-0.39, 0.29) is 27.4 Å². The van der Waals surface area contributed by atoms with E-state index >= 15 is 0 Å². The highest BCUT2D eigenvalue weighted by Gasteiger charge is 2.12. The van der Waals surface area contributed by atoms with Crippen molar-refractivity contribution in [2.45, 2.75) is 0 Å². The molecule has 3 N–H and O–H groups in total. The van der Waals surface area contributed by atoms with Gasteiger partial charge in [0.15, 0.2) is 5.84 Å². The number of hydrogen-bond donors (Lipinski definition) is 2. The van der Waals surface area contributed by atoms with E-state index in [1.165, 1.54) is 18.2 Å². The number of nitrogens with two attached hydrogens (primary N) is 1. The average Bonchev–Trinajstić information content (AvgIpc) is 2.45. The van der Waals surface area contributed by atoms with Crippen LogP contribution in [0.3, 0.4) is 0 Å². The zero-order chi connectivity index (χ0) is 15.6. The third kappa shape index (κ3) is 3.58. The van der Waals surface area contributed by atoms with Gasteiger partial charge in [-0.15, -0.1) is 0 Å². The van der Waals surface area contributed by atoms with Gasteiger partial charge in [-0.1, -0.05) is 28.4 Å². The fourth-order valence-electron chi connectivity index (χ4n) is 1.50. The first kappa shape index (κ1) is 15.9. The SMILES string of the molecule is N/C(=N/O)c1ccc(Oc2cc(F)c(Cl)cc2Br)c(Cl)c1. The normalized spacial score (nSPS) is 11.5. The van der Waals surface area contributed by atoms with Crippen molar-refractivity contribution in [3.05, 3.63) is 56.2 Å². The van der Waals surface area contributed by atoms with Crippen molar-refractivity contribution in [3.63, 3.8) is 0 Å². The predicted molar refractivity (Wildman–Crippen MR) is 83.1 cm³/mol. The lowest BCUT2D eigenvalue weighted by Gasteiger charge is -2.11. The van der Waals surface area contributed by atoms with E-state index < -0.39 is 5.82 Å². The van der Waals surface area contributed by atoms with Crippen LogP contribution in [0.15, 0.2) is 40.0 Å². The van der Waals surface area contributed by atoms with Gasteiger partial charge in [-0.25, -0.2) is 4.39 Å². The number of halogens is 4. The monoisotopic (exact) mass is 392 g/mol. The first-order valence-corrected chi connectivity index (χ1v) is 7.07. The standard InChI is InChI=1S/C13H8BrCl2FN2O2/c14-7-4-8(15)10(17)5-12(7)21-11-2-1-6(3-9(11)16)13(18)19-20/h1-5,20H,(H2,18,19). The highest BCUT2D eigenvalue weighted by atomic mass is 79.9. The Hall–Kier alpha value is -1.50. The van der Waals surface area contributed by atoms with Crippen LogP contribution in [0.2, 0.25) is 10.0 Å². The van der Waals surface area contributed by atoms with Gasteiger partial charge in [0.1, 0.15) is 17.3 Å². The summed E-state index contributed by atoms with van der Waals surface area (Å²) in [5.74, 6) is -0.189. The second kappa shape index (κ2) is 6.51. The lowest BCUT2D eigenvalue weighted by atomic mass is 10.2. The van der Waals surface area contributed by atoms with Crippen LogP contribution < -0.4 is 10.5 Å². The number of hydrogen-bond acceptors (Lipinski definition) is 3. The zero-order valence-corrected chi connectivity index (χ0v) is 13.4. The molecule has 0 aliphatic rings. The Labute approximate surface area is 138 Å². The summed E-state index contributed by atoms with van der Waals surface area (Å²) in [5.41, 5.74) is 5.88. The third-order valence-electron chi connectivity index (χ3n) is 2.53. The molecular formula is C13H8BrCl2FN2O2. The van der Waals surface area contributed by atoms with Gasteiger partial charge >= 0.3 is 0 Å². The van der Waals surface area contributed by atoms with Crippen LogP contribution in [0.25, 0.3) is 0 Å². The summed E-state index contributed by atoms with van der Waals surface area (Å²) in [7, 11) is 0. The maximum Gasteiger partial charge on any atom is 0.170 e. The average molecular weight is 394 g/mol. The molecule has 0 spiro atoms. The Balaban J connectivity index is 2.34. The summed E-state index contributed by atoms with van der Waals surface area (Å²) in [4.78, 5) is 0. The number of nitrogens with zero attached hydrogens (tertiary/aromatic N) is 1. The second-order valence-electron chi connectivity index (χ2n) is 3.93. The fourth-order valence-corrected chi connectivity index (χ4v) is 2.44. The highest BCUT2D eigenvalue weighted by molar-refractivity contribution is 9.10. The van der Waals surface area contributed by atoms with Crippen molar-refractivity contribution in [1.82, 2.24) is 0 Å². The van der Waals surface area contributed by atoms with E-state index in [9.17, 15) is 4.39 Å². The first-order valence-electron chi connectivity index (χ1n) is 5.52. The number of benzene rings is 2. The van der Waals surface area contributed by atoms with Crippen molar-refractivity contribution >= 4 is 45.0 Å². The molecule has 2 rings (SSSR count). The minimum absolute atomic E-state index is 0.0254. The molecule has 8 heteroatoms. The molecule has 0 radical (unpaired) electrons. The maximum absolute atomic E-state index is 13.5. The zero-order valence-electron chi connectivity index (χ0n) is 10.3. The van der Waals surface area contributed by atoms with Gasteiger partial charge in [-0.05, 0) is 40.2 Å². The van der Waals surface area contributed by atoms with E-state index in [0.717, 1.165) is 6.07 Å². The maximum atomic E-state index is 13.5. The lowest BCUT2D eigenvalue weighted by Crippen LogP contribution is -2.12. The van der Waals surface area contributed by atoms with E-state index in [2.05, 4.69) is 21.1 Å². The Bertz CT molecular complexity index is 726. The molecule has 2 aromatic rings. The largest absolute Gasteiger partial charge is 0.455 e. The number of rotatable bonds is 3. The molecule has 0 amide bonds. The summed E-state index contributed by atoms with van der Waals surface area (Å²) in [5, 5.41) is 11.7. The van der Waals surface area contributed by atoms with E-state index in [0.29, 0.717) is 10.0 Å². The van der Waals surface area contributed by atoms with Crippen LogP contribution in [0, 0.1) is 5.82 Å². The van der Waals surface area contributed by atoms with Crippen molar-refractivity contribution < 1.29 is 14.3 Å². The van der Waals surface area contributed by atoms with Gasteiger partial charge in [-0.3, -0.25) is 0 Å². The van der Waals surface area contributed by atoms with Crippen molar-refractivity contribution in [2.24, 2.45) is 10.9 Å². The van der Waals surface area contributed by atoms with Crippen LogP contribution >= 0.6 is 39.1 Å². The van der Waals surface area contributed by atoms with E-state index in [4.69, 9.17) is 38.9 Å². The molecule has 0 bridgehead atoms. The van der Waals surface area contributed by atoms with Gasteiger partial charge < -0.3 is 15.7 Å².